The average Bonchev–Trinajstić information content (AvgIpc) is 2.80. The van der Waals surface area contributed by atoms with Gasteiger partial charge in [-0.05, 0) is 43.6 Å². The molecule has 1 heterocycles. The van der Waals surface area contributed by atoms with Crippen molar-refractivity contribution in [2.24, 2.45) is 5.92 Å². The summed E-state index contributed by atoms with van der Waals surface area (Å²) in [5.74, 6) is 0.810. The summed E-state index contributed by atoms with van der Waals surface area (Å²) < 4.78 is 5.26. The van der Waals surface area contributed by atoms with Gasteiger partial charge in [-0.25, -0.2) is 0 Å². The van der Waals surface area contributed by atoms with Gasteiger partial charge in [0, 0.05) is 20.2 Å². The van der Waals surface area contributed by atoms with Crippen LogP contribution in [0.1, 0.15) is 17.5 Å². The predicted octanol–water partition coefficient (Wildman–Crippen LogP) is 1.87. The van der Waals surface area contributed by atoms with Crippen LogP contribution < -0.4 is 5.32 Å². The molecule has 18 heavy (non-hydrogen) atoms. The topological polar surface area (TPSA) is 24.5 Å². The molecule has 0 spiro atoms. The zero-order chi connectivity index (χ0) is 12.8. The van der Waals surface area contributed by atoms with E-state index in [9.17, 15) is 0 Å². The first-order valence-electron chi connectivity index (χ1n) is 6.76. The highest BCUT2D eigenvalue weighted by molar-refractivity contribution is 5.26. The Morgan fingerprint density at radius 2 is 2.11 bits per heavy atom. The van der Waals surface area contributed by atoms with E-state index >= 15 is 0 Å². The molecule has 100 valence electrons. The summed E-state index contributed by atoms with van der Waals surface area (Å²) in [7, 11) is 3.80. The molecule has 1 atom stereocenters. The van der Waals surface area contributed by atoms with Gasteiger partial charge >= 0.3 is 0 Å². The zero-order valence-corrected chi connectivity index (χ0v) is 11.5. The Morgan fingerprint density at radius 3 is 2.83 bits per heavy atom. The molecule has 3 heteroatoms. The van der Waals surface area contributed by atoms with E-state index in [1.165, 1.54) is 30.6 Å². The van der Waals surface area contributed by atoms with Gasteiger partial charge in [-0.1, -0.05) is 24.3 Å². The first-order chi connectivity index (χ1) is 8.83. The molecule has 3 nitrogen and oxygen atoms in total. The summed E-state index contributed by atoms with van der Waals surface area (Å²) in [5.41, 5.74) is 2.72. The number of hydrogen-bond donors (Lipinski definition) is 1. The van der Waals surface area contributed by atoms with Crippen LogP contribution >= 0.6 is 0 Å². The third-order valence-corrected chi connectivity index (χ3v) is 3.67. The highest BCUT2D eigenvalue weighted by Crippen LogP contribution is 2.20. The van der Waals surface area contributed by atoms with Crippen LogP contribution in [0.3, 0.4) is 0 Å². The molecule has 0 bridgehead atoms. The fourth-order valence-electron chi connectivity index (χ4n) is 2.76. The lowest BCUT2D eigenvalue weighted by Crippen LogP contribution is -2.24. The normalized spacial score (nSPS) is 20.4. The fraction of sp³-hybridized carbons (Fsp3) is 0.600. The lowest BCUT2D eigenvalue weighted by Gasteiger charge is -2.18. The maximum absolute atomic E-state index is 5.26. The number of ether oxygens (including phenoxy) is 1. The van der Waals surface area contributed by atoms with Gasteiger partial charge in [0.25, 0.3) is 0 Å². The predicted molar refractivity (Wildman–Crippen MR) is 74.5 cm³/mol. The number of rotatable bonds is 6. The second-order valence-electron chi connectivity index (χ2n) is 5.15. The molecular weight excluding hydrogens is 224 g/mol. The summed E-state index contributed by atoms with van der Waals surface area (Å²) >= 11 is 0. The second-order valence-corrected chi connectivity index (χ2v) is 5.15. The van der Waals surface area contributed by atoms with Gasteiger partial charge in [-0.2, -0.15) is 0 Å². The number of nitrogens with zero attached hydrogens (tertiary/aromatic N) is 1. The van der Waals surface area contributed by atoms with Crippen LogP contribution in [-0.4, -0.2) is 38.7 Å². The van der Waals surface area contributed by atoms with Gasteiger partial charge in [-0.3, -0.25) is 4.90 Å². The van der Waals surface area contributed by atoms with Gasteiger partial charge in [0.15, 0.2) is 0 Å². The van der Waals surface area contributed by atoms with Gasteiger partial charge in [0.1, 0.15) is 0 Å². The van der Waals surface area contributed by atoms with Gasteiger partial charge < -0.3 is 10.1 Å². The lowest BCUT2D eigenvalue weighted by molar-refractivity contribution is 0.183. The van der Waals surface area contributed by atoms with Crippen LogP contribution in [0.2, 0.25) is 0 Å². The van der Waals surface area contributed by atoms with Crippen molar-refractivity contribution in [3.05, 3.63) is 35.4 Å². The van der Waals surface area contributed by atoms with Crippen LogP contribution in [-0.2, 0) is 17.9 Å². The quantitative estimate of drug-likeness (QED) is 0.832. The Balaban J connectivity index is 1.93. The molecule has 1 saturated heterocycles. The average molecular weight is 248 g/mol. The van der Waals surface area contributed by atoms with Gasteiger partial charge in [0.2, 0.25) is 0 Å². The molecule has 0 radical (unpaired) electrons. The van der Waals surface area contributed by atoms with Crippen molar-refractivity contribution >= 4 is 0 Å². The van der Waals surface area contributed by atoms with Crippen LogP contribution in [0.5, 0.6) is 0 Å². The molecule has 1 aliphatic heterocycles. The summed E-state index contributed by atoms with van der Waals surface area (Å²) in [6.07, 6.45) is 1.31. The molecule has 1 N–H and O–H groups in total. The molecule has 1 unspecified atom stereocenters. The number of methoxy groups -OCH3 is 1. The van der Waals surface area contributed by atoms with Crippen molar-refractivity contribution in [3.63, 3.8) is 0 Å². The Morgan fingerprint density at radius 1 is 1.33 bits per heavy atom. The van der Waals surface area contributed by atoms with Crippen LogP contribution in [0.25, 0.3) is 0 Å². The number of benzene rings is 1. The number of nitrogens with one attached hydrogen (secondary N) is 1. The van der Waals surface area contributed by atoms with Gasteiger partial charge in [-0.15, -0.1) is 0 Å². The first-order valence-corrected chi connectivity index (χ1v) is 6.76. The Kier molecular flexibility index (Phi) is 5.17. The van der Waals surface area contributed by atoms with E-state index in [1.54, 1.807) is 7.11 Å². The molecule has 0 amide bonds. The Hall–Kier alpha value is -0.900. The largest absolute Gasteiger partial charge is 0.380 e. The smallest absolute Gasteiger partial charge is 0.0716 e. The molecule has 0 aliphatic carbocycles. The van der Waals surface area contributed by atoms with Crippen molar-refractivity contribution in [2.45, 2.75) is 19.6 Å². The molecule has 1 fully saturated rings. The zero-order valence-electron chi connectivity index (χ0n) is 11.5. The van der Waals surface area contributed by atoms with E-state index in [4.69, 9.17) is 4.74 Å². The molecule has 1 aromatic rings. The van der Waals surface area contributed by atoms with E-state index < -0.39 is 0 Å². The summed E-state index contributed by atoms with van der Waals surface area (Å²) in [4.78, 5) is 2.55. The van der Waals surface area contributed by atoms with Crippen molar-refractivity contribution in [1.82, 2.24) is 10.2 Å². The third kappa shape index (κ3) is 3.55. The SMILES string of the molecule is CNCC1CCN(Cc2ccccc2COC)C1. The van der Waals surface area contributed by atoms with Crippen molar-refractivity contribution in [2.75, 3.05) is 33.8 Å². The second kappa shape index (κ2) is 6.88. The minimum Gasteiger partial charge on any atom is -0.380 e. The van der Waals surface area contributed by atoms with E-state index in [2.05, 4.69) is 34.5 Å². The van der Waals surface area contributed by atoms with E-state index in [0.29, 0.717) is 6.61 Å². The molecule has 1 aliphatic rings. The first kappa shape index (κ1) is 13.5. The van der Waals surface area contributed by atoms with Crippen LogP contribution in [0, 0.1) is 5.92 Å². The molecule has 0 saturated carbocycles. The fourth-order valence-corrected chi connectivity index (χ4v) is 2.76. The molecular formula is C15H24N2O. The van der Waals surface area contributed by atoms with E-state index in [0.717, 1.165) is 19.0 Å². The maximum Gasteiger partial charge on any atom is 0.0716 e. The summed E-state index contributed by atoms with van der Waals surface area (Å²) in [6, 6.07) is 8.60. The standard InChI is InChI=1S/C15H24N2O/c1-16-9-13-7-8-17(10-13)11-14-5-3-4-6-15(14)12-18-2/h3-6,13,16H,7-12H2,1-2H3. The third-order valence-electron chi connectivity index (χ3n) is 3.67. The van der Waals surface area contributed by atoms with E-state index in [1.807, 2.05) is 7.05 Å². The van der Waals surface area contributed by atoms with Crippen molar-refractivity contribution in [3.8, 4) is 0 Å². The maximum atomic E-state index is 5.26. The van der Waals surface area contributed by atoms with Crippen molar-refractivity contribution in [1.29, 1.82) is 0 Å². The molecule has 2 rings (SSSR count). The minimum absolute atomic E-state index is 0.712. The van der Waals surface area contributed by atoms with Crippen LogP contribution in [0.15, 0.2) is 24.3 Å². The lowest BCUT2D eigenvalue weighted by atomic mass is 10.1. The monoisotopic (exact) mass is 248 g/mol. The summed E-state index contributed by atoms with van der Waals surface area (Å²) in [5, 5.41) is 3.28. The number of likely N-dealkylation sites (tertiary alicyclic amines) is 1. The summed E-state index contributed by atoms with van der Waals surface area (Å²) in [6.45, 7) is 5.33. The number of hydrogen-bond acceptors (Lipinski definition) is 3. The highest BCUT2D eigenvalue weighted by atomic mass is 16.5. The molecule has 0 aromatic heterocycles. The minimum atomic E-state index is 0.712. The molecule has 1 aromatic carbocycles. The Labute approximate surface area is 110 Å². The van der Waals surface area contributed by atoms with Gasteiger partial charge in [0.05, 0.1) is 6.61 Å². The highest BCUT2D eigenvalue weighted by Gasteiger charge is 2.22. The Bertz CT molecular complexity index is 367. The van der Waals surface area contributed by atoms with Crippen LogP contribution in [0.4, 0.5) is 0 Å². The van der Waals surface area contributed by atoms with Crippen molar-refractivity contribution < 1.29 is 4.74 Å². The van der Waals surface area contributed by atoms with E-state index in [-0.39, 0.29) is 0 Å².